The third kappa shape index (κ3) is 2.08. The molecule has 0 unspecified atom stereocenters. The molecule has 1 aliphatic heterocycles. The number of nitrogens with zero attached hydrogens (tertiary/aromatic N) is 1. The van der Waals surface area contributed by atoms with E-state index in [9.17, 15) is 4.79 Å². The Morgan fingerprint density at radius 1 is 1.44 bits per heavy atom. The average Bonchev–Trinajstić information content (AvgIpc) is 2.29. The third-order valence-electron chi connectivity index (χ3n) is 2.89. The molecule has 1 aliphatic rings. The van der Waals surface area contributed by atoms with Crippen molar-refractivity contribution in [3.05, 3.63) is 35.9 Å². The molecule has 86 valence electrons. The van der Waals surface area contributed by atoms with Gasteiger partial charge in [0.25, 0.3) is 0 Å². The van der Waals surface area contributed by atoms with Gasteiger partial charge >= 0.3 is 5.97 Å². The zero-order chi connectivity index (χ0) is 11.5. The monoisotopic (exact) mass is 221 g/mol. The van der Waals surface area contributed by atoms with Gasteiger partial charge in [0.1, 0.15) is 0 Å². The number of hydrogen-bond acceptors (Lipinski definition) is 3. The lowest BCUT2D eigenvalue weighted by atomic mass is 9.99. The molecule has 1 heterocycles. The molecule has 4 nitrogen and oxygen atoms in total. The largest absolute Gasteiger partial charge is 0.479 e. The number of ether oxygens (including phenoxy) is 1. The minimum atomic E-state index is -0.902. The number of aliphatic carboxylic acids is 1. The van der Waals surface area contributed by atoms with Crippen molar-refractivity contribution in [3.8, 4) is 0 Å². The van der Waals surface area contributed by atoms with Gasteiger partial charge in [-0.15, -0.1) is 0 Å². The number of hydrogen-bond donors (Lipinski definition) is 1. The lowest BCUT2D eigenvalue weighted by Gasteiger charge is -2.37. The van der Waals surface area contributed by atoms with Crippen LogP contribution in [0, 0.1) is 0 Å². The molecule has 16 heavy (non-hydrogen) atoms. The van der Waals surface area contributed by atoms with Crippen LogP contribution in [0.2, 0.25) is 0 Å². The molecular weight excluding hydrogens is 206 g/mol. The minimum absolute atomic E-state index is 0.201. The van der Waals surface area contributed by atoms with Crippen LogP contribution in [0.15, 0.2) is 30.3 Å². The molecule has 0 bridgehead atoms. The summed E-state index contributed by atoms with van der Waals surface area (Å²) in [5.74, 6) is -0.902. The zero-order valence-electron chi connectivity index (χ0n) is 9.17. The van der Waals surface area contributed by atoms with Crippen LogP contribution < -0.4 is 0 Å². The van der Waals surface area contributed by atoms with Gasteiger partial charge in [0.05, 0.1) is 12.6 Å². The summed E-state index contributed by atoms with van der Waals surface area (Å²) in [6, 6.07) is 9.42. The van der Waals surface area contributed by atoms with Crippen molar-refractivity contribution in [1.29, 1.82) is 0 Å². The van der Waals surface area contributed by atoms with Crippen molar-refractivity contribution >= 4 is 5.97 Å². The van der Waals surface area contributed by atoms with Gasteiger partial charge in [-0.3, -0.25) is 4.90 Å². The predicted molar refractivity (Wildman–Crippen MR) is 59.2 cm³/mol. The summed E-state index contributed by atoms with van der Waals surface area (Å²) in [5, 5.41) is 9.14. The smallest absolute Gasteiger partial charge is 0.334 e. The highest BCUT2D eigenvalue weighted by molar-refractivity contribution is 5.73. The second kappa shape index (κ2) is 4.63. The van der Waals surface area contributed by atoms with Gasteiger partial charge in [0.15, 0.2) is 6.10 Å². The van der Waals surface area contributed by atoms with Crippen LogP contribution in [0.4, 0.5) is 0 Å². The first-order valence-electron chi connectivity index (χ1n) is 5.30. The van der Waals surface area contributed by atoms with Gasteiger partial charge in [-0.25, -0.2) is 4.79 Å². The Labute approximate surface area is 94.4 Å². The highest BCUT2D eigenvalue weighted by Crippen LogP contribution is 2.28. The number of carbonyl (C=O) groups is 1. The molecule has 1 saturated heterocycles. The Morgan fingerprint density at radius 2 is 2.12 bits per heavy atom. The maximum atomic E-state index is 11.1. The molecule has 4 heteroatoms. The van der Waals surface area contributed by atoms with E-state index in [1.54, 1.807) is 0 Å². The topological polar surface area (TPSA) is 49.8 Å². The fourth-order valence-electron chi connectivity index (χ4n) is 2.07. The molecule has 0 amide bonds. The van der Waals surface area contributed by atoms with Crippen molar-refractivity contribution in [2.75, 3.05) is 20.2 Å². The van der Waals surface area contributed by atoms with Crippen LogP contribution in [0.25, 0.3) is 0 Å². The van der Waals surface area contributed by atoms with E-state index in [0.717, 1.165) is 12.1 Å². The van der Waals surface area contributed by atoms with Crippen LogP contribution in [-0.4, -0.2) is 42.3 Å². The second-order valence-electron chi connectivity index (χ2n) is 3.97. The van der Waals surface area contributed by atoms with Crippen molar-refractivity contribution in [1.82, 2.24) is 4.90 Å². The normalized spacial score (nSPS) is 26.6. The molecule has 1 fully saturated rings. The summed E-state index contributed by atoms with van der Waals surface area (Å²) in [5.41, 5.74) is 0.983. The molecule has 0 aliphatic carbocycles. The Hall–Kier alpha value is -1.39. The lowest BCUT2D eigenvalue weighted by Crippen LogP contribution is -2.46. The molecule has 0 radical (unpaired) electrons. The van der Waals surface area contributed by atoms with Crippen LogP contribution in [0.5, 0.6) is 0 Å². The molecule has 0 saturated carbocycles. The summed E-state index contributed by atoms with van der Waals surface area (Å²) < 4.78 is 5.34. The minimum Gasteiger partial charge on any atom is -0.479 e. The van der Waals surface area contributed by atoms with Gasteiger partial charge in [-0.05, 0) is 12.6 Å². The van der Waals surface area contributed by atoms with Crippen LogP contribution in [0.1, 0.15) is 11.6 Å². The molecule has 1 aromatic rings. The summed E-state index contributed by atoms with van der Waals surface area (Å²) in [4.78, 5) is 13.2. The number of morpholine rings is 1. The van der Waals surface area contributed by atoms with Crippen molar-refractivity contribution in [3.63, 3.8) is 0 Å². The molecule has 1 aromatic carbocycles. The van der Waals surface area contributed by atoms with Crippen molar-refractivity contribution < 1.29 is 14.6 Å². The Bertz CT molecular complexity index is 366. The fraction of sp³-hybridized carbons (Fsp3) is 0.417. The van der Waals surface area contributed by atoms with Gasteiger partial charge < -0.3 is 9.84 Å². The zero-order valence-corrected chi connectivity index (χ0v) is 9.17. The highest BCUT2D eigenvalue weighted by atomic mass is 16.5. The van der Waals surface area contributed by atoms with Gasteiger partial charge in [0, 0.05) is 6.54 Å². The summed E-state index contributed by atoms with van der Waals surface area (Å²) >= 11 is 0. The second-order valence-corrected chi connectivity index (χ2v) is 3.97. The number of carboxylic acids is 1. The predicted octanol–water partition coefficient (Wildman–Crippen LogP) is 1.14. The summed E-state index contributed by atoms with van der Waals surface area (Å²) in [6.07, 6.45) is -0.777. The van der Waals surface area contributed by atoms with E-state index in [1.165, 1.54) is 0 Å². The Morgan fingerprint density at radius 3 is 2.75 bits per heavy atom. The molecule has 0 spiro atoms. The van der Waals surface area contributed by atoms with Gasteiger partial charge in [-0.1, -0.05) is 30.3 Å². The summed E-state index contributed by atoms with van der Waals surface area (Å²) in [6.45, 7) is 1.22. The van der Waals surface area contributed by atoms with E-state index in [-0.39, 0.29) is 6.04 Å². The number of likely N-dealkylation sites (N-methyl/N-ethyl adjacent to an activating group) is 1. The molecular formula is C12H15NO3. The van der Waals surface area contributed by atoms with Gasteiger partial charge in [0.2, 0.25) is 0 Å². The Balaban J connectivity index is 2.30. The highest BCUT2D eigenvalue weighted by Gasteiger charge is 2.36. The third-order valence-corrected chi connectivity index (χ3v) is 2.89. The Kier molecular flexibility index (Phi) is 3.22. The quantitative estimate of drug-likeness (QED) is 0.813. The first-order valence-corrected chi connectivity index (χ1v) is 5.30. The van der Waals surface area contributed by atoms with E-state index in [0.29, 0.717) is 6.61 Å². The SMILES string of the molecule is CN1CCO[C@@H](C(=O)O)[C@@H]1c1ccccc1. The lowest BCUT2D eigenvalue weighted by molar-refractivity contribution is -0.162. The first-order chi connectivity index (χ1) is 7.70. The fourth-order valence-corrected chi connectivity index (χ4v) is 2.07. The molecule has 2 rings (SSSR count). The van der Waals surface area contributed by atoms with E-state index in [4.69, 9.17) is 9.84 Å². The van der Waals surface area contributed by atoms with Crippen LogP contribution in [-0.2, 0) is 9.53 Å². The first kappa shape index (κ1) is 11.1. The maximum absolute atomic E-state index is 11.1. The molecule has 1 N–H and O–H groups in total. The van der Waals surface area contributed by atoms with Gasteiger partial charge in [-0.2, -0.15) is 0 Å². The summed E-state index contributed by atoms with van der Waals surface area (Å²) in [7, 11) is 1.93. The van der Waals surface area contributed by atoms with Crippen LogP contribution >= 0.6 is 0 Å². The standard InChI is InChI=1S/C12H15NO3/c1-13-7-8-16-11(12(14)15)10(13)9-5-3-2-4-6-9/h2-6,10-11H,7-8H2,1H3,(H,14,15)/t10-,11+/m0/s1. The number of rotatable bonds is 2. The molecule has 2 atom stereocenters. The maximum Gasteiger partial charge on any atom is 0.334 e. The molecule has 0 aromatic heterocycles. The van der Waals surface area contributed by atoms with Crippen molar-refractivity contribution in [2.24, 2.45) is 0 Å². The van der Waals surface area contributed by atoms with Crippen molar-refractivity contribution in [2.45, 2.75) is 12.1 Å². The van der Waals surface area contributed by atoms with E-state index < -0.39 is 12.1 Å². The number of benzene rings is 1. The van der Waals surface area contributed by atoms with E-state index in [2.05, 4.69) is 0 Å². The van der Waals surface area contributed by atoms with E-state index >= 15 is 0 Å². The number of carboxylic acid groups (broad SMARTS) is 1. The van der Waals surface area contributed by atoms with Crippen LogP contribution in [0.3, 0.4) is 0 Å². The van der Waals surface area contributed by atoms with E-state index in [1.807, 2.05) is 42.3 Å². The average molecular weight is 221 g/mol.